The third-order valence-corrected chi connectivity index (χ3v) is 2.58. The van der Waals surface area contributed by atoms with Crippen molar-refractivity contribution < 1.29 is 0 Å². The molecule has 0 aliphatic carbocycles. The molecule has 0 saturated carbocycles. The average Bonchev–Trinajstić information content (AvgIpc) is 2.22. The number of nitriles is 1. The van der Waals surface area contributed by atoms with E-state index in [0.29, 0.717) is 11.6 Å². The molecule has 0 aliphatic rings. The van der Waals surface area contributed by atoms with E-state index in [2.05, 4.69) is 16.0 Å². The molecule has 0 saturated heterocycles. The maximum atomic E-state index is 8.58. The maximum Gasteiger partial charge on any atom is 0.129 e. The number of nitrogens with zero attached hydrogens (tertiary/aromatic N) is 3. The van der Waals surface area contributed by atoms with E-state index in [1.54, 1.807) is 12.3 Å². The molecule has 1 unspecified atom stereocenters. The van der Waals surface area contributed by atoms with E-state index in [1.165, 1.54) is 0 Å². The number of rotatable bonds is 4. The van der Waals surface area contributed by atoms with Gasteiger partial charge in [0.05, 0.1) is 12.5 Å². The van der Waals surface area contributed by atoms with Crippen molar-refractivity contribution in [2.45, 2.75) is 25.9 Å². The molecule has 0 spiro atoms. The first-order valence-electron chi connectivity index (χ1n) is 4.81. The zero-order valence-electron chi connectivity index (χ0n) is 8.94. The fourth-order valence-corrected chi connectivity index (χ4v) is 1.34. The normalized spacial score (nSPS) is 12.5. The van der Waals surface area contributed by atoms with Gasteiger partial charge >= 0.3 is 0 Å². The van der Waals surface area contributed by atoms with Gasteiger partial charge in [-0.25, -0.2) is 4.98 Å². The van der Waals surface area contributed by atoms with E-state index in [1.807, 2.05) is 20.0 Å². The lowest BCUT2D eigenvalue weighted by Crippen LogP contribution is -2.28. The van der Waals surface area contributed by atoms with Crippen molar-refractivity contribution in [2.75, 3.05) is 7.05 Å². The van der Waals surface area contributed by atoms with Crippen LogP contribution in [0.25, 0.3) is 0 Å². The highest BCUT2D eigenvalue weighted by molar-refractivity contribution is 6.29. The predicted molar refractivity (Wildman–Crippen MR) is 60.4 cm³/mol. The Morgan fingerprint density at radius 2 is 2.33 bits per heavy atom. The van der Waals surface area contributed by atoms with Gasteiger partial charge in [0.1, 0.15) is 5.15 Å². The Hall–Kier alpha value is -1.11. The second-order valence-corrected chi connectivity index (χ2v) is 4.00. The third kappa shape index (κ3) is 3.86. The van der Waals surface area contributed by atoms with Gasteiger partial charge in [-0.1, -0.05) is 17.7 Å². The Morgan fingerprint density at radius 1 is 1.60 bits per heavy atom. The molecule has 0 aliphatic heterocycles. The summed E-state index contributed by atoms with van der Waals surface area (Å²) in [5.41, 5.74) is 1.10. The first-order chi connectivity index (χ1) is 7.13. The molecule has 0 radical (unpaired) electrons. The molecule has 1 atom stereocenters. The molecule has 0 bridgehead atoms. The van der Waals surface area contributed by atoms with E-state index in [9.17, 15) is 0 Å². The van der Waals surface area contributed by atoms with Gasteiger partial charge in [-0.2, -0.15) is 5.26 Å². The molecule has 4 heteroatoms. The standard InChI is InChI=1S/C11H14ClN3/c1-9(5-6-13)15(2)8-10-3-4-11(12)14-7-10/h3-4,7,9H,5,8H2,1-2H3. The molecule has 1 rings (SSSR count). The number of halogens is 1. The summed E-state index contributed by atoms with van der Waals surface area (Å²) in [6, 6.07) is 6.15. The Labute approximate surface area is 95.3 Å². The second-order valence-electron chi connectivity index (χ2n) is 3.62. The zero-order valence-corrected chi connectivity index (χ0v) is 9.70. The van der Waals surface area contributed by atoms with Gasteiger partial charge in [0.15, 0.2) is 0 Å². The SMILES string of the molecule is CC(CC#N)N(C)Cc1ccc(Cl)nc1. The molecule has 0 fully saturated rings. The van der Waals surface area contributed by atoms with E-state index in [-0.39, 0.29) is 6.04 Å². The Kier molecular flexibility index (Phi) is 4.54. The number of hydrogen-bond acceptors (Lipinski definition) is 3. The molecule has 3 nitrogen and oxygen atoms in total. The first kappa shape index (κ1) is 12.0. The summed E-state index contributed by atoms with van der Waals surface area (Å²) in [5, 5.41) is 9.09. The van der Waals surface area contributed by atoms with Crippen LogP contribution in [-0.2, 0) is 6.54 Å². The maximum absolute atomic E-state index is 8.58. The molecular formula is C11H14ClN3. The molecule has 80 valence electrons. The Morgan fingerprint density at radius 3 is 2.87 bits per heavy atom. The fourth-order valence-electron chi connectivity index (χ4n) is 1.23. The minimum absolute atomic E-state index is 0.255. The second kappa shape index (κ2) is 5.69. The quantitative estimate of drug-likeness (QED) is 0.737. The van der Waals surface area contributed by atoms with Crippen LogP contribution in [0.15, 0.2) is 18.3 Å². The largest absolute Gasteiger partial charge is 0.298 e. The predicted octanol–water partition coefficient (Wildman–Crippen LogP) is 2.47. The molecule has 1 heterocycles. The topological polar surface area (TPSA) is 39.9 Å². The van der Waals surface area contributed by atoms with Gasteiger partial charge in [0, 0.05) is 18.8 Å². The molecule has 15 heavy (non-hydrogen) atoms. The Bertz CT molecular complexity index is 342. The summed E-state index contributed by atoms with van der Waals surface area (Å²) in [7, 11) is 2.00. The fraction of sp³-hybridized carbons (Fsp3) is 0.455. The minimum atomic E-state index is 0.255. The molecule has 0 N–H and O–H groups in total. The molecule has 1 aromatic heterocycles. The minimum Gasteiger partial charge on any atom is -0.298 e. The number of hydrogen-bond donors (Lipinski definition) is 0. The van der Waals surface area contributed by atoms with Crippen LogP contribution >= 0.6 is 11.6 Å². The highest BCUT2D eigenvalue weighted by Gasteiger charge is 2.08. The van der Waals surface area contributed by atoms with Crippen molar-refractivity contribution in [1.82, 2.24) is 9.88 Å². The van der Waals surface area contributed by atoms with Gasteiger partial charge in [0.2, 0.25) is 0 Å². The van der Waals surface area contributed by atoms with Crippen molar-refractivity contribution >= 4 is 11.6 Å². The highest BCUT2D eigenvalue weighted by Crippen LogP contribution is 2.09. The van der Waals surface area contributed by atoms with Gasteiger partial charge in [-0.15, -0.1) is 0 Å². The van der Waals surface area contributed by atoms with Gasteiger partial charge in [0.25, 0.3) is 0 Å². The molecule has 0 amide bonds. The van der Waals surface area contributed by atoms with Gasteiger partial charge < -0.3 is 0 Å². The van der Waals surface area contributed by atoms with Crippen LogP contribution in [0.5, 0.6) is 0 Å². The van der Waals surface area contributed by atoms with E-state index < -0.39 is 0 Å². The van der Waals surface area contributed by atoms with Crippen LogP contribution < -0.4 is 0 Å². The highest BCUT2D eigenvalue weighted by atomic mass is 35.5. The number of aromatic nitrogens is 1. The molecular weight excluding hydrogens is 210 g/mol. The van der Waals surface area contributed by atoms with Crippen molar-refractivity contribution in [3.8, 4) is 6.07 Å². The van der Waals surface area contributed by atoms with Crippen LogP contribution in [0.2, 0.25) is 5.15 Å². The summed E-state index contributed by atoms with van der Waals surface area (Å²) in [4.78, 5) is 6.13. The average molecular weight is 224 g/mol. The van der Waals surface area contributed by atoms with Gasteiger partial charge in [-0.3, -0.25) is 4.90 Å². The van der Waals surface area contributed by atoms with Gasteiger partial charge in [-0.05, 0) is 25.6 Å². The van der Waals surface area contributed by atoms with Crippen molar-refractivity contribution in [3.05, 3.63) is 29.0 Å². The molecule has 1 aromatic rings. The van der Waals surface area contributed by atoms with Crippen LogP contribution in [-0.4, -0.2) is 23.0 Å². The first-order valence-corrected chi connectivity index (χ1v) is 5.19. The van der Waals surface area contributed by atoms with Crippen molar-refractivity contribution in [3.63, 3.8) is 0 Å². The van der Waals surface area contributed by atoms with Crippen LogP contribution in [0, 0.1) is 11.3 Å². The summed E-state index contributed by atoms with van der Waals surface area (Å²) in [6.07, 6.45) is 2.30. The smallest absolute Gasteiger partial charge is 0.129 e. The zero-order chi connectivity index (χ0) is 11.3. The van der Waals surface area contributed by atoms with E-state index in [0.717, 1.165) is 12.1 Å². The summed E-state index contributed by atoms with van der Waals surface area (Å²) < 4.78 is 0. The van der Waals surface area contributed by atoms with Crippen molar-refractivity contribution in [2.24, 2.45) is 0 Å². The third-order valence-electron chi connectivity index (χ3n) is 2.36. The summed E-state index contributed by atoms with van der Waals surface area (Å²) in [5.74, 6) is 0. The lowest BCUT2D eigenvalue weighted by molar-refractivity contribution is 0.252. The lowest BCUT2D eigenvalue weighted by Gasteiger charge is -2.22. The van der Waals surface area contributed by atoms with Crippen LogP contribution in [0.4, 0.5) is 0 Å². The lowest BCUT2D eigenvalue weighted by atomic mass is 10.2. The van der Waals surface area contributed by atoms with Crippen molar-refractivity contribution in [1.29, 1.82) is 5.26 Å². The van der Waals surface area contributed by atoms with Crippen LogP contribution in [0.3, 0.4) is 0 Å². The Balaban J connectivity index is 2.55. The number of pyridine rings is 1. The summed E-state index contributed by atoms with van der Waals surface area (Å²) in [6.45, 7) is 2.82. The van der Waals surface area contributed by atoms with E-state index >= 15 is 0 Å². The monoisotopic (exact) mass is 223 g/mol. The van der Waals surface area contributed by atoms with Crippen LogP contribution in [0.1, 0.15) is 18.9 Å². The van der Waals surface area contributed by atoms with E-state index in [4.69, 9.17) is 16.9 Å². The molecule has 0 aromatic carbocycles. The summed E-state index contributed by atoms with van der Waals surface area (Å²) >= 11 is 5.69.